The maximum atomic E-state index is 12.2. The summed E-state index contributed by atoms with van der Waals surface area (Å²) in [6.07, 6.45) is 0. The standard InChI is InChI=1S/C13H7ClIN3O5/c14-12-10(17(20)21)5-7(6-11(12)18(22)23)13(19)16-9-4-2-1-3-8(9)15/h1-6H,(H,16,19). The molecule has 0 saturated carbocycles. The van der Waals surface area contributed by atoms with Gasteiger partial charge in [0.1, 0.15) is 0 Å². The van der Waals surface area contributed by atoms with E-state index in [2.05, 4.69) is 5.32 Å². The van der Waals surface area contributed by atoms with E-state index in [0.29, 0.717) is 5.69 Å². The molecule has 118 valence electrons. The number of benzene rings is 2. The lowest BCUT2D eigenvalue weighted by atomic mass is 10.1. The Morgan fingerprint density at radius 3 is 2.09 bits per heavy atom. The number of hydrogen-bond acceptors (Lipinski definition) is 5. The quantitative estimate of drug-likeness (QED) is 0.432. The first kappa shape index (κ1) is 17.1. The van der Waals surface area contributed by atoms with Crippen LogP contribution in [0.3, 0.4) is 0 Å². The van der Waals surface area contributed by atoms with Crippen LogP contribution in [-0.4, -0.2) is 15.8 Å². The molecule has 23 heavy (non-hydrogen) atoms. The lowest BCUT2D eigenvalue weighted by Crippen LogP contribution is -2.13. The van der Waals surface area contributed by atoms with Crippen molar-refractivity contribution in [3.63, 3.8) is 0 Å². The minimum Gasteiger partial charge on any atom is -0.321 e. The lowest BCUT2D eigenvalue weighted by Gasteiger charge is -2.07. The van der Waals surface area contributed by atoms with Crippen LogP contribution in [0.5, 0.6) is 0 Å². The molecule has 0 atom stereocenters. The number of amides is 1. The molecule has 0 aliphatic heterocycles. The molecule has 0 saturated heterocycles. The predicted molar refractivity (Wildman–Crippen MR) is 91.9 cm³/mol. The molecule has 0 heterocycles. The summed E-state index contributed by atoms with van der Waals surface area (Å²) in [7, 11) is 0. The Hall–Kier alpha value is -2.27. The zero-order valence-electron chi connectivity index (χ0n) is 11.2. The molecule has 0 aromatic heterocycles. The van der Waals surface area contributed by atoms with Crippen molar-refractivity contribution in [1.29, 1.82) is 0 Å². The maximum absolute atomic E-state index is 12.2. The van der Waals surface area contributed by atoms with Gasteiger partial charge in [-0.05, 0) is 34.7 Å². The molecule has 2 aromatic rings. The first-order chi connectivity index (χ1) is 10.8. The smallest absolute Gasteiger partial charge is 0.295 e. The number of rotatable bonds is 4. The molecule has 8 nitrogen and oxygen atoms in total. The van der Waals surface area contributed by atoms with Crippen molar-refractivity contribution in [2.75, 3.05) is 5.32 Å². The number of nitrogens with one attached hydrogen (secondary N) is 1. The van der Waals surface area contributed by atoms with Gasteiger partial charge in [-0.15, -0.1) is 0 Å². The van der Waals surface area contributed by atoms with Crippen molar-refractivity contribution >= 4 is 57.2 Å². The first-order valence-corrected chi connectivity index (χ1v) is 7.45. The maximum Gasteiger partial charge on any atom is 0.295 e. The number of hydrogen-bond donors (Lipinski definition) is 1. The van der Waals surface area contributed by atoms with Crippen LogP contribution >= 0.6 is 34.2 Å². The van der Waals surface area contributed by atoms with E-state index in [1.165, 1.54) is 0 Å². The second-order valence-corrected chi connectivity index (χ2v) is 5.82. The van der Waals surface area contributed by atoms with Crippen LogP contribution in [0.4, 0.5) is 17.1 Å². The fraction of sp³-hybridized carbons (Fsp3) is 0. The third-order valence-corrected chi connectivity index (χ3v) is 4.14. The van der Waals surface area contributed by atoms with Gasteiger partial charge in [0.05, 0.1) is 21.1 Å². The van der Waals surface area contributed by atoms with Gasteiger partial charge in [-0.2, -0.15) is 0 Å². The Morgan fingerprint density at radius 2 is 1.61 bits per heavy atom. The number of nitro groups is 2. The monoisotopic (exact) mass is 447 g/mol. The van der Waals surface area contributed by atoms with Gasteiger partial charge in [0.25, 0.3) is 17.3 Å². The number of nitrogens with zero attached hydrogens (tertiary/aromatic N) is 2. The molecule has 1 N–H and O–H groups in total. The second-order valence-electron chi connectivity index (χ2n) is 4.28. The number of para-hydroxylation sites is 1. The third-order valence-electron chi connectivity index (χ3n) is 2.81. The SMILES string of the molecule is O=C(Nc1ccccc1I)c1cc([N+](=O)[O-])c(Cl)c([N+](=O)[O-])c1. The summed E-state index contributed by atoms with van der Waals surface area (Å²) in [5, 5.41) is 23.8. The molecule has 2 aromatic carbocycles. The molecule has 0 spiro atoms. The highest BCUT2D eigenvalue weighted by atomic mass is 127. The Bertz CT molecular complexity index is 792. The van der Waals surface area contributed by atoms with E-state index in [-0.39, 0.29) is 5.56 Å². The van der Waals surface area contributed by atoms with E-state index in [1.807, 2.05) is 22.6 Å². The first-order valence-electron chi connectivity index (χ1n) is 5.99. The van der Waals surface area contributed by atoms with Crippen molar-refractivity contribution < 1.29 is 14.6 Å². The average molecular weight is 448 g/mol. The number of carbonyl (C=O) groups is 1. The summed E-state index contributed by atoms with van der Waals surface area (Å²) in [5.41, 5.74) is -1.15. The molecule has 1 amide bonds. The van der Waals surface area contributed by atoms with Gasteiger partial charge < -0.3 is 5.32 Å². The number of nitro benzene ring substituents is 2. The van der Waals surface area contributed by atoms with Gasteiger partial charge in [-0.3, -0.25) is 25.0 Å². The summed E-state index contributed by atoms with van der Waals surface area (Å²) < 4.78 is 0.747. The predicted octanol–water partition coefficient (Wildman–Crippen LogP) is 4.01. The topological polar surface area (TPSA) is 115 Å². The van der Waals surface area contributed by atoms with Gasteiger partial charge in [0, 0.05) is 15.7 Å². The van der Waals surface area contributed by atoms with E-state index in [0.717, 1.165) is 15.7 Å². The van der Waals surface area contributed by atoms with Crippen molar-refractivity contribution in [2.24, 2.45) is 0 Å². The molecular weight excluding hydrogens is 441 g/mol. The second kappa shape index (κ2) is 6.87. The molecule has 0 bridgehead atoms. The zero-order chi connectivity index (χ0) is 17.1. The van der Waals surface area contributed by atoms with E-state index in [4.69, 9.17) is 11.6 Å². The average Bonchev–Trinajstić information content (AvgIpc) is 2.49. The van der Waals surface area contributed by atoms with Crippen LogP contribution in [-0.2, 0) is 0 Å². The van der Waals surface area contributed by atoms with Gasteiger partial charge >= 0.3 is 0 Å². The molecule has 0 aliphatic rings. The summed E-state index contributed by atoms with van der Waals surface area (Å²) in [5.74, 6) is -0.711. The van der Waals surface area contributed by atoms with E-state index >= 15 is 0 Å². The highest BCUT2D eigenvalue weighted by Gasteiger charge is 2.27. The van der Waals surface area contributed by atoms with Crippen LogP contribution in [0.1, 0.15) is 10.4 Å². The van der Waals surface area contributed by atoms with Gasteiger partial charge in [0.15, 0.2) is 5.02 Å². The fourth-order valence-corrected chi connectivity index (χ4v) is 2.52. The van der Waals surface area contributed by atoms with Crippen molar-refractivity contribution in [3.05, 3.63) is 70.8 Å². The number of anilines is 1. The largest absolute Gasteiger partial charge is 0.321 e. The molecule has 2 rings (SSSR count). The molecule has 10 heteroatoms. The Morgan fingerprint density at radius 1 is 1.09 bits per heavy atom. The van der Waals surface area contributed by atoms with Crippen LogP contribution in [0, 0.1) is 23.8 Å². The molecule has 0 aliphatic carbocycles. The number of carbonyl (C=O) groups excluding carboxylic acids is 1. The van der Waals surface area contributed by atoms with Gasteiger partial charge in [0.2, 0.25) is 0 Å². The van der Waals surface area contributed by atoms with Crippen LogP contribution < -0.4 is 5.32 Å². The van der Waals surface area contributed by atoms with Crippen LogP contribution in [0.2, 0.25) is 5.02 Å². The van der Waals surface area contributed by atoms with Crippen molar-refractivity contribution in [3.8, 4) is 0 Å². The minimum absolute atomic E-state index is 0.229. The Kier molecular flexibility index (Phi) is 5.11. The van der Waals surface area contributed by atoms with Crippen LogP contribution in [0.15, 0.2) is 36.4 Å². The summed E-state index contributed by atoms with van der Waals surface area (Å²) >= 11 is 7.65. The van der Waals surface area contributed by atoms with Crippen LogP contribution in [0.25, 0.3) is 0 Å². The third kappa shape index (κ3) is 3.74. The normalized spacial score (nSPS) is 10.2. The Balaban J connectivity index is 2.46. The summed E-state index contributed by atoms with van der Waals surface area (Å²) in [6, 6.07) is 8.67. The van der Waals surface area contributed by atoms with E-state index in [9.17, 15) is 25.0 Å². The highest BCUT2D eigenvalue weighted by Crippen LogP contribution is 2.35. The zero-order valence-corrected chi connectivity index (χ0v) is 14.1. The highest BCUT2D eigenvalue weighted by molar-refractivity contribution is 14.1. The fourth-order valence-electron chi connectivity index (χ4n) is 1.75. The van der Waals surface area contributed by atoms with Crippen molar-refractivity contribution in [2.45, 2.75) is 0 Å². The lowest BCUT2D eigenvalue weighted by molar-refractivity contribution is -0.393. The Labute approximate surface area is 147 Å². The molecular formula is C13H7ClIN3O5. The van der Waals surface area contributed by atoms with E-state index in [1.54, 1.807) is 24.3 Å². The van der Waals surface area contributed by atoms with Gasteiger partial charge in [-0.25, -0.2) is 0 Å². The summed E-state index contributed by atoms with van der Waals surface area (Å²) in [6.45, 7) is 0. The molecule has 0 radical (unpaired) electrons. The van der Waals surface area contributed by atoms with E-state index < -0.39 is 32.2 Å². The molecule has 0 fully saturated rings. The minimum atomic E-state index is -0.877. The van der Waals surface area contributed by atoms with Gasteiger partial charge in [-0.1, -0.05) is 23.7 Å². The van der Waals surface area contributed by atoms with Crippen molar-refractivity contribution in [1.82, 2.24) is 0 Å². The molecule has 0 unspecified atom stereocenters. The number of halogens is 2. The summed E-state index contributed by atoms with van der Waals surface area (Å²) in [4.78, 5) is 32.4.